The smallest absolute Gasteiger partial charge is 0.356 e. The van der Waals surface area contributed by atoms with Gasteiger partial charge in [-0.3, -0.25) is 0 Å². The topological polar surface area (TPSA) is 51.7 Å². The van der Waals surface area contributed by atoms with Crippen molar-refractivity contribution in [2.75, 3.05) is 6.61 Å². The highest BCUT2D eigenvalue weighted by molar-refractivity contribution is 5.93. The Labute approximate surface area is 153 Å². The van der Waals surface area contributed by atoms with Crippen molar-refractivity contribution in [3.05, 3.63) is 41.7 Å². The second-order valence-electron chi connectivity index (χ2n) is 7.72. The van der Waals surface area contributed by atoms with Crippen LogP contribution >= 0.6 is 0 Å². The molecule has 134 valence electrons. The van der Waals surface area contributed by atoms with E-state index in [2.05, 4.69) is 30.7 Å². The van der Waals surface area contributed by atoms with Crippen molar-refractivity contribution in [2.24, 2.45) is 5.41 Å². The Morgan fingerprint density at radius 1 is 1.35 bits per heavy atom. The lowest BCUT2D eigenvalue weighted by Crippen LogP contribution is -2.37. The summed E-state index contributed by atoms with van der Waals surface area (Å²) in [6.07, 6.45) is 5.43. The second kappa shape index (κ2) is 6.10. The first-order valence-electron chi connectivity index (χ1n) is 9.23. The van der Waals surface area contributed by atoms with Gasteiger partial charge < -0.3 is 9.47 Å². The van der Waals surface area contributed by atoms with E-state index < -0.39 is 5.97 Å². The Balaban J connectivity index is 1.65. The lowest BCUT2D eigenvalue weighted by Gasteiger charge is -2.32. The number of rotatable bonds is 2. The summed E-state index contributed by atoms with van der Waals surface area (Å²) in [6, 6.07) is 7.73. The Morgan fingerprint density at radius 3 is 2.96 bits per heavy atom. The molecule has 1 saturated carbocycles. The quantitative estimate of drug-likeness (QED) is 0.465. The van der Waals surface area contributed by atoms with Crippen LogP contribution in [0.5, 0.6) is 0 Å². The molecule has 1 saturated heterocycles. The van der Waals surface area contributed by atoms with E-state index in [9.17, 15) is 4.79 Å². The van der Waals surface area contributed by atoms with E-state index in [4.69, 9.17) is 9.47 Å². The maximum atomic E-state index is 11.9. The van der Waals surface area contributed by atoms with Gasteiger partial charge in [0, 0.05) is 22.6 Å². The van der Waals surface area contributed by atoms with Crippen molar-refractivity contribution in [2.45, 2.75) is 51.7 Å². The molecule has 4 nitrogen and oxygen atoms in total. The first-order valence-corrected chi connectivity index (χ1v) is 9.23. The molecule has 4 heteroatoms. The van der Waals surface area contributed by atoms with E-state index >= 15 is 0 Å². The van der Waals surface area contributed by atoms with Gasteiger partial charge in [-0.2, -0.15) is 0 Å². The van der Waals surface area contributed by atoms with Crippen LogP contribution in [0, 0.1) is 17.3 Å². The fourth-order valence-corrected chi connectivity index (χ4v) is 3.94. The molecule has 2 fully saturated rings. The zero-order valence-corrected chi connectivity index (χ0v) is 15.5. The molecule has 0 spiro atoms. The molecule has 1 aliphatic carbocycles. The summed E-state index contributed by atoms with van der Waals surface area (Å²) in [5.74, 6) is 6.33. The maximum absolute atomic E-state index is 11.9. The van der Waals surface area contributed by atoms with Crippen LogP contribution in [-0.2, 0) is 9.47 Å². The molecule has 0 amide bonds. The lowest BCUT2D eigenvalue weighted by molar-refractivity contribution is 0.0519. The number of aromatic nitrogens is 1. The van der Waals surface area contributed by atoms with Crippen LogP contribution in [0.3, 0.4) is 0 Å². The van der Waals surface area contributed by atoms with E-state index in [0.717, 1.165) is 29.2 Å². The van der Waals surface area contributed by atoms with Gasteiger partial charge in [0.2, 0.25) is 0 Å². The number of hydrogen-bond donors (Lipinski definition) is 0. The zero-order valence-electron chi connectivity index (χ0n) is 15.5. The Hall–Kier alpha value is -2.38. The number of epoxide rings is 1. The van der Waals surface area contributed by atoms with Crippen molar-refractivity contribution in [3.63, 3.8) is 0 Å². The molecule has 2 aliphatic rings. The number of fused-ring (bicyclic) bond motifs is 2. The Kier molecular flexibility index (Phi) is 4.00. The molecule has 26 heavy (non-hydrogen) atoms. The lowest BCUT2D eigenvalue weighted by atomic mass is 9.69. The number of benzene rings is 1. The summed E-state index contributed by atoms with van der Waals surface area (Å²) >= 11 is 0. The summed E-state index contributed by atoms with van der Waals surface area (Å²) < 4.78 is 11.1. The number of carbonyl (C=O) groups excluding carboxylic acids is 1. The number of pyridine rings is 1. The number of hydrogen-bond acceptors (Lipinski definition) is 4. The zero-order chi connectivity index (χ0) is 18.4. The summed E-state index contributed by atoms with van der Waals surface area (Å²) in [5.41, 5.74) is 1.03. The van der Waals surface area contributed by atoms with Gasteiger partial charge in [-0.25, -0.2) is 9.78 Å². The first-order chi connectivity index (χ1) is 12.4. The largest absolute Gasteiger partial charge is 0.461 e. The molecule has 1 aromatic heterocycles. The van der Waals surface area contributed by atoms with E-state index in [0.29, 0.717) is 12.3 Å². The van der Waals surface area contributed by atoms with Crippen LogP contribution in [0.1, 0.15) is 56.1 Å². The van der Waals surface area contributed by atoms with Gasteiger partial charge in [-0.15, -0.1) is 0 Å². The Morgan fingerprint density at radius 2 is 2.19 bits per heavy atom. The van der Waals surface area contributed by atoms with Crippen LogP contribution in [-0.4, -0.2) is 29.3 Å². The number of carbonyl (C=O) groups is 1. The third-order valence-corrected chi connectivity index (χ3v) is 5.60. The number of esters is 1. The molecule has 0 bridgehead atoms. The van der Waals surface area contributed by atoms with E-state index in [1.807, 2.05) is 18.2 Å². The molecule has 1 aliphatic heterocycles. The minimum atomic E-state index is -0.400. The summed E-state index contributed by atoms with van der Waals surface area (Å²) in [5, 5.41) is 1.91. The molecular formula is C22H23NO3. The normalized spacial score (nSPS) is 25.7. The standard InChI is InChI=1S/C22H23NO3/c1-4-25-20(24)18-13-17-12-15(7-8-16(17)14-23-18)9-11-22-19(26-22)6-5-10-21(22,2)3/h7-8,12-14,19H,4-6,10H2,1-3H3. The average Bonchev–Trinajstić information content (AvgIpc) is 3.35. The van der Waals surface area contributed by atoms with Gasteiger partial charge >= 0.3 is 5.97 Å². The summed E-state index contributed by atoms with van der Waals surface area (Å²) in [6.45, 7) is 6.62. The predicted molar refractivity (Wildman–Crippen MR) is 99.8 cm³/mol. The van der Waals surface area contributed by atoms with E-state index in [-0.39, 0.29) is 17.1 Å². The van der Waals surface area contributed by atoms with Crippen LogP contribution in [0.25, 0.3) is 10.8 Å². The predicted octanol–water partition coefficient (Wildman–Crippen LogP) is 4.11. The van der Waals surface area contributed by atoms with Crippen LogP contribution in [0.4, 0.5) is 0 Å². The fraction of sp³-hybridized carbons (Fsp3) is 0.455. The van der Waals surface area contributed by atoms with E-state index in [1.165, 1.54) is 6.42 Å². The molecule has 1 aromatic carbocycles. The van der Waals surface area contributed by atoms with Crippen molar-refractivity contribution in [3.8, 4) is 11.8 Å². The third kappa shape index (κ3) is 2.77. The highest BCUT2D eigenvalue weighted by Gasteiger charge is 2.65. The van der Waals surface area contributed by atoms with Crippen molar-refractivity contribution < 1.29 is 14.3 Å². The third-order valence-electron chi connectivity index (χ3n) is 5.60. The molecule has 2 unspecified atom stereocenters. The minimum absolute atomic E-state index is 0.0841. The van der Waals surface area contributed by atoms with Crippen molar-refractivity contribution >= 4 is 16.7 Å². The summed E-state index contributed by atoms with van der Waals surface area (Å²) in [7, 11) is 0. The maximum Gasteiger partial charge on any atom is 0.356 e. The monoisotopic (exact) mass is 349 g/mol. The molecule has 2 heterocycles. The molecule has 0 radical (unpaired) electrons. The summed E-state index contributed by atoms with van der Waals surface area (Å²) in [4.78, 5) is 16.1. The van der Waals surface area contributed by atoms with Gasteiger partial charge in [0.05, 0.1) is 6.61 Å². The van der Waals surface area contributed by atoms with Gasteiger partial charge in [-0.05, 0) is 43.4 Å². The fourth-order valence-electron chi connectivity index (χ4n) is 3.94. The second-order valence-corrected chi connectivity index (χ2v) is 7.72. The van der Waals surface area contributed by atoms with Gasteiger partial charge in [0.25, 0.3) is 0 Å². The van der Waals surface area contributed by atoms with Crippen LogP contribution < -0.4 is 0 Å². The van der Waals surface area contributed by atoms with Crippen molar-refractivity contribution in [1.82, 2.24) is 4.98 Å². The van der Waals surface area contributed by atoms with Gasteiger partial charge in [-0.1, -0.05) is 38.2 Å². The van der Waals surface area contributed by atoms with Gasteiger partial charge in [0.15, 0.2) is 5.60 Å². The minimum Gasteiger partial charge on any atom is -0.461 e. The SMILES string of the molecule is CCOC(=O)c1cc2cc(C#CC34OC3CCCC4(C)C)ccc2cn1. The first kappa shape index (κ1) is 17.1. The Bertz CT molecular complexity index is 937. The van der Waals surface area contributed by atoms with Crippen LogP contribution in [0.15, 0.2) is 30.5 Å². The molecule has 2 aromatic rings. The van der Waals surface area contributed by atoms with E-state index in [1.54, 1.807) is 19.2 Å². The average molecular weight is 349 g/mol. The van der Waals surface area contributed by atoms with Crippen LogP contribution in [0.2, 0.25) is 0 Å². The molecule has 2 atom stereocenters. The van der Waals surface area contributed by atoms with Crippen molar-refractivity contribution in [1.29, 1.82) is 0 Å². The number of nitrogens with zero attached hydrogens (tertiary/aromatic N) is 1. The van der Waals surface area contributed by atoms with Gasteiger partial charge in [0.1, 0.15) is 11.8 Å². The highest BCUT2D eigenvalue weighted by Crippen LogP contribution is 2.57. The molecule has 0 N–H and O–H groups in total. The number of ether oxygens (including phenoxy) is 2. The molecule has 4 rings (SSSR count). The highest BCUT2D eigenvalue weighted by atomic mass is 16.6. The molecular weight excluding hydrogens is 326 g/mol.